The Bertz CT molecular complexity index is 3810. The third kappa shape index (κ3) is 16.8. The lowest BCUT2D eigenvalue weighted by atomic mass is 9.84. The summed E-state index contributed by atoms with van der Waals surface area (Å²) in [4.78, 5) is 112. The second-order valence-corrected chi connectivity index (χ2v) is 27.1. The Morgan fingerprint density at radius 2 is 1.16 bits per heavy atom. The summed E-state index contributed by atoms with van der Waals surface area (Å²) < 4.78 is 28.2. The van der Waals surface area contributed by atoms with Gasteiger partial charge in [-0.05, 0) is 141 Å². The molecule has 2 amide bonds. The Labute approximate surface area is 565 Å². The van der Waals surface area contributed by atoms with Crippen molar-refractivity contribution in [3.05, 3.63) is 132 Å². The second kappa shape index (κ2) is 33.0. The predicted molar refractivity (Wildman–Crippen MR) is 371 cm³/mol. The van der Waals surface area contributed by atoms with Crippen molar-refractivity contribution in [3.8, 4) is 38.7 Å². The molecule has 19 nitrogen and oxygen atoms in total. The van der Waals surface area contributed by atoms with Gasteiger partial charge in [0, 0.05) is 109 Å². The number of allylic oxidation sites excluding steroid dienone is 4. The fraction of sp³-hybridized carbons (Fsp3) is 0.486. The van der Waals surface area contributed by atoms with Crippen LogP contribution in [0.2, 0.25) is 0 Å². The van der Waals surface area contributed by atoms with Crippen molar-refractivity contribution in [2.24, 2.45) is 46.3 Å². The summed E-state index contributed by atoms with van der Waals surface area (Å²) in [5.41, 5.74) is 3.01. The standard InChI is InChI=1S/C37H45N3O6S.C23H35NO5.C14H12N2O2S/c1-7-10-11-12-16-40(5)35(42)28-19-25(18-27(28)30(41)22-37(21-24(37)8-2)36(43)45-9-3)46-32-20-29(34-38-15-17-47-34)39-33-23(4)31(44-6)14-13-26(32)33;1-5-8-9-10-11-24(4)21(27)19-13-17(25)12-18(19)20(26)15-23(14-16(23)6-2)22(28)29-7-3;1-8-12(18-2)4-3-9-11(17)7-10(16-13(8)9)14-15-5-6-19-14/h7-8,13-15,17,20,24-25,27-28H,1-2,9-12,16,18-19,21-22H2,3-6H3;5-6,16-19,25H,1-2,7-15H2,3-4H3;3-7H,1-2H3,(H,16,17)/t24-,25-,27-,28-,37-;16-,17+,18-,19-,23-;/m11./s1. The number of nitrogens with one attached hydrogen (secondary N) is 1. The molecule has 0 aliphatic heterocycles. The number of unbranched alkanes of at least 4 members (excludes halogenated alkanes) is 4. The smallest absolute Gasteiger partial charge is 0.313 e. The average Bonchev–Trinajstić information content (AvgIpc) is 1.60. The molecule has 6 aromatic rings. The van der Waals surface area contributed by atoms with Gasteiger partial charge in [0.15, 0.2) is 5.43 Å². The summed E-state index contributed by atoms with van der Waals surface area (Å²) in [6.07, 6.45) is 17.4. The molecule has 10 atom stereocenters. The van der Waals surface area contributed by atoms with Gasteiger partial charge in [-0.2, -0.15) is 0 Å². The summed E-state index contributed by atoms with van der Waals surface area (Å²) in [5, 5.41) is 17.0. The molecule has 4 fully saturated rings. The third-order valence-corrected chi connectivity index (χ3v) is 20.8. The maximum absolute atomic E-state index is 14.1. The van der Waals surface area contributed by atoms with Gasteiger partial charge in [0.1, 0.15) is 50.6 Å². The molecule has 0 radical (unpaired) electrons. The molecule has 2 N–H and O–H groups in total. The molecule has 0 spiro atoms. The van der Waals surface area contributed by atoms with Crippen molar-refractivity contribution in [1.29, 1.82) is 0 Å². The van der Waals surface area contributed by atoms with E-state index in [1.165, 1.54) is 22.7 Å². The zero-order chi connectivity index (χ0) is 68.7. The van der Waals surface area contributed by atoms with Crippen LogP contribution >= 0.6 is 22.7 Å². The molecular formula is C74H92N6O13S2. The minimum Gasteiger partial charge on any atom is -0.496 e. The highest BCUT2D eigenvalue weighted by atomic mass is 32.1. The molecule has 21 heteroatoms. The summed E-state index contributed by atoms with van der Waals surface area (Å²) in [6.45, 7) is 24.2. The fourth-order valence-electron chi connectivity index (χ4n) is 13.6. The van der Waals surface area contributed by atoms with Crippen LogP contribution in [0.1, 0.15) is 115 Å². The number of aromatic amines is 1. The summed E-state index contributed by atoms with van der Waals surface area (Å²) in [7, 11) is 6.80. The number of fused-ring (bicyclic) bond motifs is 2. The number of carbonyl (C=O) groups excluding carboxylic acids is 6. The Morgan fingerprint density at radius 1 is 0.663 bits per heavy atom. The predicted octanol–water partition coefficient (Wildman–Crippen LogP) is 12.8. The Morgan fingerprint density at radius 3 is 1.65 bits per heavy atom. The quantitative estimate of drug-likeness (QED) is 0.0242. The molecule has 0 bridgehead atoms. The zero-order valence-electron chi connectivity index (χ0n) is 56.2. The van der Waals surface area contributed by atoms with Crippen LogP contribution in [0.3, 0.4) is 0 Å². The van der Waals surface area contributed by atoms with Gasteiger partial charge < -0.3 is 43.6 Å². The lowest BCUT2D eigenvalue weighted by Gasteiger charge is -2.25. The maximum Gasteiger partial charge on any atom is 0.313 e. The largest absolute Gasteiger partial charge is 0.496 e. The van der Waals surface area contributed by atoms with E-state index >= 15 is 0 Å². The van der Waals surface area contributed by atoms with Crippen LogP contribution in [-0.2, 0) is 38.2 Å². The number of benzene rings is 2. The molecular weight excluding hydrogens is 1240 g/mol. The number of hydrogen-bond donors (Lipinski definition) is 2. The number of rotatable bonds is 30. The molecule has 4 aliphatic rings. The van der Waals surface area contributed by atoms with Crippen LogP contribution < -0.4 is 19.6 Å². The number of pyridine rings is 2. The molecule has 4 aliphatic carbocycles. The van der Waals surface area contributed by atoms with Gasteiger partial charge in [0.05, 0.1) is 72.9 Å². The number of H-pyrrole nitrogens is 1. The van der Waals surface area contributed by atoms with Crippen molar-refractivity contribution in [1.82, 2.24) is 29.7 Å². The normalized spacial score (nSPS) is 23.0. The highest BCUT2D eigenvalue weighted by Gasteiger charge is 2.63. The molecule has 4 saturated carbocycles. The number of aliphatic hydroxyl groups excluding tert-OH is 1. The number of nitrogens with zero attached hydrogens (tertiary/aromatic N) is 5. The first-order valence-electron chi connectivity index (χ1n) is 32.9. The Hall–Kier alpha value is -8.14. The summed E-state index contributed by atoms with van der Waals surface area (Å²) >= 11 is 2.98. The number of esters is 2. The van der Waals surface area contributed by atoms with Crippen molar-refractivity contribution >= 4 is 79.8 Å². The fourth-order valence-corrected chi connectivity index (χ4v) is 14.8. The topological polar surface area (TPSA) is 247 Å². The van der Waals surface area contributed by atoms with E-state index in [4.69, 9.17) is 28.7 Å². The average molecular weight is 1340 g/mol. The van der Waals surface area contributed by atoms with Gasteiger partial charge >= 0.3 is 11.9 Å². The van der Waals surface area contributed by atoms with Crippen LogP contribution in [0.5, 0.6) is 17.2 Å². The SMILES string of the molecule is C=CCCCCN(C)C(=O)[C@@H]1C[C@@H](O)C[C@H]1C(=O)C[C@]1(C(=O)OCC)C[C@H]1C=C.C=CCCCCN(C)C(=O)[C@@H]1C[C@H](Oc2cc(-c3nccs3)nc3c(C)c(OC)ccc23)C[C@H]1C(=O)C[C@]1(C(=O)OCC)C[C@H]1C=C.COc1ccc2c(=O)cc(-c3nccs3)[nH]c2c1C. The number of amides is 2. The van der Waals surface area contributed by atoms with Crippen LogP contribution in [-0.4, -0.2) is 137 Å². The number of carbonyl (C=O) groups is 6. The van der Waals surface area contributed by atoms with Gasteiger partial charge in [-0.3, -0.25) is 33.6 Å². The van der Waals surface area contributed by atoms with E-state index in [0.29, 0.717) is 67.8 Å². The third-order valence-electron chi connectivity index (χ3n) is 19.2. The molecule has 508 valence electrons. The number of ether oxygens (including phenoxy) is 5. The lowest BCUT2D eigenvalue weighted by molar-refractivity contribution is -0.153. The van der Waals surface area contributed by atoms with Crippen molar-refractivity contribution < 1.29 is 57.6 Å². The van der Waals surface area contributed by atoms with Crippen molar-refractivity contribution in [3.63, 3.8) is 0 Å². The van der Waals surface area contributed by atoms with Gasteiger partial charge in [-0.15, -0.1) is 49.0 Å². The minimum absolute atomic E-state index is 0.00953. The number of ketones is 2. The van der Waals surface area contributed by atoms with Crippen LogP contribution in [0.15, 0.2) is 115 Å². The Balaban J connectivity index is 0.000000203. The highest BCUT2D eigenvalue weighted by Crippen LogP contribution is 2.59. The van der Waals surface area contributed by atoms with Gasteiger partial charge in [-0.25, -0.2) is 15.0 Å². The van der Waals surface area contributed by atoms with E-state index in [2.05, 4.69) is 41.3 Å². The molecule has 2 aromatic carbocycles. The summed E-state index contributed by atoms with van der Waals surface area (Å²) in [6, 6.07) is 10.9. The second-order valence-electron chi connectivity index (χ2n) is 25.3. The van der Waals surface area contributed by atoms with E-state index in [1.54, 1.807) is 88.6 Å². The first kappa shape index (κ1) is 72.7. The molecule has 4 heterocycles. The number of aromatic nitrogens is 4. The molecule has 95 heavy (non-hydrogen) atoms. The monoisotopic (exact) mass is 1340 g/mol. The van der Waals surface area contributed by atoms with Crippen molar-refractivity contribution in [2.45, 2.75) is 130 Å². The molecule has 0 unspecified atom stereocenters. The minimum atomic E-state index is -0.904. The van der Waals surface area contributed by atoms with Crippen LogP contribution in [0.25, 0.3) is 43.2 Å². The van der Waals surface area contributed by atoms with Crippen molar-refractivity contribution in [2.75, 3.05) is 54.6 Å². The number of hydrogen-bond acceptors (Lipinski definition) is 18. The summed E-state index contributed by atoms with van der Waals surface area (Å²) in [5.74, 6) is -1.45. The first-order valence-corrected chi connectivity index (χ1v) is 34.6. The van der Waals surface area contributed by atoms with Gasteiger partial charge in [-0.1, -0.05) is 24.3 Å². The van der Waals surface area contributed by atoms with E-state index in [-0.39, 0.29) is 85.1 Å². The number of Topliss-reactive ketones (excluding diaryl/α,β-unsaturated/α-hetero) is 2. The lowest BCUT2D eigenvalue weighted by Crippen LogP contribution is -2.38. The molecule has 4 aromatic heterocycles. The first-order chi connectivity index (χ1) is 45.7. The van der Waals surface area contributed by atoms with E-state index < -0.39 is 46.7 Å². The number of aryl methyl sites for hydroxylation is 2. The number of thiazole rings is 2. The van der Waals surface area contributed by atoms with Crippen LogP contribution in [0, 0.1) is 60.2 Å². The molecule has 0 saturated heterocycles. The highest BCUT2D eigenvalue weighted by molar-refractivity contribution is 7.13. The van der Waals surface area contributed by atoms with Crippen LogP contribution in [0.4, 0.5) is 0 Å². The number of aliphatic hydroxyl groups is 1. The zero-order valence-corrected chi connectivity index (χ0v) is 57.8. The van der Waals surface area contributed by atoms with Gasteiger partial charge in [0.25, 0.3) is 0 Å². The Kier molecular flexibility index (Phi) is 25.3. The van der Waals surface area contributed by atoms with E-state index in [1.807, 2.05) is 61.0 Å². The van der Waals surface area contributed by atoms with E-state index in [0.717, 1.165) is 87.5 Å². The number of methoxy groups -OCH3 is 2. The van der Waals surface area contributed by atoms with E-state index in [9.17, 15) is 38.7 Å². The van der Waals surface area contributed by atoms with Gasteiger partial charge in [0.2, 0.25) is 11.8 Å². The maximum atomic E-state index is 14.1. The molecule has 10 rings (SSSR count).